The van der Waals surface area contributed by atoms with Crippen LogP contribution in [0.15, 0.2) is 42.7 Å². The SMILES string of the molecule is CCNC(c1cncc(F)c1)c1ccccc1I. The fourth-order valence-corrected chi connectivity index (χ4v) is 2.61. The molecule has 1 unspecified atom stereocenters. The first-order valence-corrected chi connectivity index (χ1v) is 6.88. The Labute approximate surface area is 120 Å². The maximum Gasteiger partial charge on any atom is 0.141 e. The lowest BCUT2D eigenvalue weighted by atomic mass is 10.0. The van der Waals surface area contributed by atoms with Crippen molar-refractivity contribution in [2.24, 2.45) is 0 Å². The van der Waals surface area contributed by atoms with Crippen LogP contribution in [-0.2, 0) is 0 Å². The van der Waals surface area contributed by atoms with Gasteiger partial charge in [-0.3, -0.25) is 4.98 Å². The number of benzene rings is 1. The van der Waals surface area contributed by atoms with Crippen molar-refractivity contribution in [2.45, 2.75) is 13.0 Å². The van der Waals surface area contributed by atoms with Gasteiger partial charge >= 0.3 is 0 Å². The average molecular weight is 356 g/mol. The summed E-state index contributed by atoms with van der Waals surface area (Å²) < 4.78 is 14.4. The van der Waals surface area contributed by atoms with Gasteiger partial charge in [0.25, 0.3) is 0 Å². The number of hydrogen-bond donors (Lipinski definition) is 1. The first-order chi connectivity index (χ1) is 8.72. The first kappa shape index (κ1) is 13.4. The van der Waals surface area contributed by atoms with Gasteiger partial charge in [0, 0.05) is 9.77 Å². The minimum Gasteiger partial charge on any atom is -0.306 e. The van der Waals surface area contributed by atoms with Gasteiger partial charge < -0.3 is 5.32 Å². The smallest absolute Gasteiger partial charge is 0.141 e. The predicted molar refractivity (Wildman–Crippen MR) is 78.9 cm³/mol. The molecule has 0 saturated heterocycles. The molecule has 0 saturated carbocycles. The minimum atomic E-state index is -0.304. The quantitative estimate of drug-likeness (QED) is 0.848. The lowest BCUT2D eigenvalue weighted by Gasteiger charge is -2.19. The number of halogens is 2. The number of nitrogens with zero attached hydrogens (tertiary/aromatic N) is 1. The van der Waals surface area contributed by atoms with Crippen molar-refractivity contribution in [1.82, 2.24) is 10.3 Å². The summed E-state index contributed by atoms with van der Waals surface area (Å²) in [7, 11) is 0. The molecule has 0 aliphatic carbocycles. The fraction of sp³-hybridized carbons (Fsp3) is 0.214. The highest BCUT2D eigenvalue weighted by Crippen LogP contribution is 2.25. The molecule has 1 heterocycles. The minimum absolute atomic E-state index is 0.0219. The molecule has 1 N–H and O–H groups in total. The topological polar surface area (TPSA) is 24.9 Å². The zero-order chi connectivity index (χ0) is 13.0. The third-order valence-corrected chi connectivity index (χ3v) is 3.67. The van der Waals surface area contributed by atoms with Crippen LogP contribution in [0.4, 0.5) is 4.39 Å². The van der Waals surface area contributed by atoms with Gasteiger partial charge in [0.1, 0.15) is 5.82 Å². The summed E-state index contributed by atoms with van der Waals surface area (Å²) in [5, 5.41) is 3.37. The molecular weight excluding hydrogens is 342 g/mol. The van der Waals surface area contributed by atoms with E-state index in [0.717, 1.165) is 21.2 Å². The molecule has 0 aliphatic rings. The summed E-state index contributed by atoms with van der Waals surface area (Å²) in [6, 6.07) is 9.61. The van der Waals surface area contributed by atoms with Crippen LogP contribution in [0.1, 0.15) is 24.1 Å². The Kier molecular flexibility index (Phi) is 4.66. The normalized spacial score (nSPS) is 12.4. The van der Waals surface area contributed by atoms with E-state index in [1.165, 1.54) is 12.3 Å². The molecular formula is C14H14FIN2. The van der Waals surface area contributed by atoms with Crippen LogP contribution >= 0.6 is 22.6 Å². The summed E-state index contributed by atoms with van der Waals surface area (Å²) in [5.74, 6) is -0.304. The van der Waals surface area contributed by atoms with Gasteiger partial charge in [0.05, 0.1) is 12.2 Å². The van der Waals surface area contributed by atoms with Gasteiger partial charge in [-0.2, -0.15) is 0 Å². The third kappa shape index (κ3) is 3.05. The van der Waals surface area contributed by atoms with Gasteiger partial charge in [-0.1, -0.05) is 25.1 Å². The van der Waals surface area contributed by atoms with E-state index in [0.29, 0.717) is 0 Å². The van der Waals surface area contributed by atoms with Gasteiger partial charge in [-0.15, -0.1) is 0 Å². The molecule has 0 radical (unpaired) electrons. The molecule has 4 heteroatoms. The van der Waals surface area contributed by atoms with Gasteiger partial charge in [0.2, 0.25) is 0 Å². The summed E-state index contributed by atoms with van der Waals surface area (Å²) in [6.45, 7) is 2.85. The number of nitrogens with one attached hydrogen (secondary N) is 1. The van der Waals surface area contributed by atoms with Crippen LogP contribution in [0.25, 0.3) is 0 Å². The number of hydrogen-bond acceptors (Lipinski definition) is 2. The Balaban J connectivity index is 2.43. The van der Waals surface area contributed by atoms with E-state index in [2.05, 4.69) is 39.0 Å². The summed E-state index contributed by atoms with van der Waals surface area (Å²) in [5.41, 5.74) is 1.99. The van der Waals surface area contributed by atoms with Crippen molar-refractivity contribution in [3.05, 3.63) is 63.2 Å². The van der Waals surface area contributed by atoms with Crippen LogP contribution in [0.2, 0.25) is 0 Å². The van der Waals surface area contributed by atoms with Crippen LogP contribution in [0.5, 0.6) is 0 Å². The molecule has 2 rings (SSSR count). The average Bonchev–Trinajstić information content (AvgIpc) is 2.37. The number of aromatic nitrogens is 1. The highest BCUT2D eigenvalue weighted by atomic mass is 127. The molecule has 2 aromatic rings. The molecule has 1 atom stereocenters. The highest BCUT2D eigenvalue weighted by Gasteiger charge is 2.16. The summed E-state index contributed by atoms with van der Waals surface area (Å²) in [4.78, 5) is 3.93. The third-order valence-electron chi connectivity index (χ3n) is 2.68. The highest BCUT2D eigenvalue weighted by molar-refractivity contribution is 14.1. The fourth-order valence-electron chi connectivity index (χ4n) is 1.91. The maximum absolute atomic E-state index is 13.3. The van der Waals surface area contributed by atoms with Crippen molar-refractivity contribution in [3.8, 4) is 0 Å². The van der Waals surface area contributed by atoms with Crippen molar-refractivity contribution >= 4 is 22.6 Å². The van der Waals surface area contributed by atoms with E-state index in [1.807, 2.05) is 25.1 Å². The molecule has 0 fully saturated rings. The van der Waals surface area contributed by atoms with E-state index in [1.54, 1.807) is 6.20 Å². The first-order valence-electron chi connectivity index (χ1n) is 5.80. The van der Waals surface area contributed by atoms with Gasteiger partial charge in [-0.25, -0.2) is 4.39 Å². The number of rotatable bonds is 4. The molecule has 0 aliphatic heterocycles. The number of pyridine rings is 1. The standard InChI is InChI=1S/C14H14FIN2/c1-2-18-14(10-7-11(15)9-17-8-10)12-5-3-4-6-13(12)16/h3-9,14,18H,2H2,1H3. The molecule has 1 aromatic heterocycles. The maximum atomic E-state index is 13.3. The van der Waals surface area contributed by atoms with Crippen LogP contribution in [0, 0.1) is 9.39 Å². The molecule has 0 bridgehead atoms. The van der Waals surface area contributed by atoms with Crippen molar-refractivity contribution < 1.29 is 4.39 Å². The lowest BCUT2D eigenvalue weighted by molar-refractivity contribution is 0.595. The summed E-state index contributed by atoms with van der Waals surface area (Å²) in [6.07, 6.45) is 2.93. The summed E-state index contributed by atoms with van der Waals surface area (Å²) >= 11 is 2.30. The Bertz CT molecular complexity index is 531. The molecule has 0 amide bonds. The Morgan fingerprint density at radius 3 is 2.78 bits per heavy atom. The second kappa shape index (κ2) is 6.24. The Hall–Kier alpha value is -1.01. The van der Waals surface area contributed by atoms with Crippen LogP contribution < -0.4 is 5.32 Å². The Morgan fingerprint density at radius 1 is 1.33 bits per heavy atom. The van der Waals surface area contributed by atoms with E-state index < -0.39 is 0 Å². The van der Waals surface area contributed by atoms with Crippen LogP contribution in [-0.4, -0.2) is 11.5 Å². The van der Waals surface area contributed by atoms with E-state index in [-0.39, 0.29) is 11.9 Å². The monoisotopic (exact) mass is 356 g/mol. The lowest BCUT2D eigenvalue weighted by Crippen LogP contribution is -2.23. The zero-order valence-electron chi connectivity index (χ0n) is 10.0. The molecule has 2 nitrogen and oxygen atoms in total. The van der Waals surface area contributed by atoms with E-state index >= 15 is 0 Å². The van der Waals surface area contributed by atoms with E-state index in [9.17, 15) is 4.39 Å². The van der Waals surface area contributed by atoms with Crippen molar-refractivity contribution in [3.63, 3.8) is 0 Å². The second-order valence-corrected chi connectivity index (χ2v) is 5.11. The zero-order valence-corrected chi connectivity index (χ0v) is 12.2. The van der Waals surface area contributed by atoms with Crippen LogP contribution in [0.3, 0.4) is 0 Å². The van der Waals surface area contributed by atoms with Crippen molar-refractivity contribution in [2.75, 3.05) is 6.54 Å². The molecule has 94 valence electrons. The second-order valence-electron chi connectivity index (χ2n) is 3.95. The molecule has 1 aromatic carbocycles. The van der Waals surface area contributed by atoms with Crippen molar-refractivity contribution in [1.29, 1.82) is 0 Å². The predicted octanol–water partition coefficient (Wildman–Crippen LogP) is 3.52. The Morgan fingerprint density at radius 2 is 2.11 bits per heavy atom. The molecule has 18 heavy (non-hydrogen) atoms. The van der Waals surface area contributed by atoms with Gasteiger partial charge in [-0.05, 0) is 52.4 Å². The largest absolute Gasteiger partial charge is 0.306 e. The van der Waals surface area contributed by atoms with E-state index in [4.69, 9.17) is 0 Å². The van der Waals surface area contributed by atoms with Gasteiger partial charge in [0.15, 0.2) is 0 Å². The molecule has 0 spiro atoms.